The first kappa shape index (κ1) is 30.0. The van der Waals surface area contributed by atoms with Gasteiger partial charge in [0.15, 0.2) is 0 Å². The predicted molar refractivity (Wildman–Crippen MR) is 183 cm³/mol. The highest BCUT2D eigenvalue weighted by molar-refractivity contribution is 6.31. The van der Waals surface area contributed by atoms with Crippen molar-refractivity contribution in [2.45, 2.75) is 25.8 Å². The number of carboxylic acids is 1. The summed E-state index contributed by atoms with van der Waals surface area (Å²) < 4.78 is 8.64. The Morgan fingerprint density at radius 1 is 0.822 bits per heavy atom. The molecule has 0 saturated heterocycles. The number of aromatic nitrogens is 1. The van der Waals surface area contributed by atoms with Crippen LogP contribution in [0.4, 0.5) is 5.69 Å². The minimum absolute atomic E-state index is 0.0530. The van der Waals surface area contributed by atoms with Crippen LogP contribution in [0, 0.1) is 6.92 Å². The molecule has 226 valence electrons. The van der Waals surface area contributed by atoms with Crippen LogP contribution in [0.5, 0.6) is 5.75 Å². The minimum Gasteiger partial charge on any atom is -0.493 e. The van der Waals surface area contributed by atoms with Crippen LogP contribution in [0.25, 0.3) is 10.9 Å². The molecule has 1 aromatic heterocycles. The van der Waals surface area contributed by atoms with E-state index in [0.29, 0.717) is 23.8 Å². The Labute approximate surface area is 268 Å². The molecule has 0 saturated carbocycles. The molecule has 5 nitrogen and oxygen atoms in total. The maximum atomic E-state index is 11.3. The van der Waals surface area contributed by atoms with Crippen LogP contribution in [-0.2, 0) is 12.8 Å². The molecule has 0 bridgehead atoms. The number of nitrogens with one attached hydrogen (secondary N) is 1. The molecule has 0 atom stereocenters. The fraction of sp³-hybridized carbons (Fsp3) is 0.154. The Kier molecular flexibility index (Phi) is 9.18. The van der Waals surface area contributed by atoms with Crippen LogP contribution in [0.1, 0.15) is 44.3 Å². The summed E-state index contributed by atoms with van der Waals surface area (Å²) in [6, 6.07) is 42.3. The molecule has 0 aliphatic carbocycles. The van der Waals surface area contributed by atoms with Crippen molar-refractivity contribution in [2.24, 2.45) is 0 Å². The summed E-state index contributed by atoms with van der Waals surface area (Å²) in [5, 5.41) is 14.7. The van der Waals surface area contributed by atoms with E-state index in [-0.39, 0.29) is 11.6 Å². The number of fused-ring (bicyclic) bond motifs is 1. The minimum atomic E-state index is -0.957. The fourth-order valence-corrected chi connectivity index (χ4v) is 6.24. The molecular formula is C39H35ClN2O3. The van der Waals surface area contributed by atoms with E-state index in [9.17, 15) is 9.90 Å². The number of rotatable bonds is 12. The quantitative estimate of drug-likeness (QED) is 0.144. The number of anilines is 1. The molecular weight excluding hydrogens is 580 g/mol. The molecule has 0 aliphatic rings. The Bertz CT molecular complexity index is 1860. The highest BCUT2D eigenvalue weighted by atomic mass is 35.5. The van der Waals surface area contributed by atoms with Crippen LogP contribution in [0.2, 0.25) is 5.02 Å². The van der Waals surface area contributed by atoms with Crippen molar-refractivity contribution in [1.29, 1.82) is 0 Å². The summed E-state index contributed by atoms with van der Waals surface area (Å²) in [5.41, 5.74) is 8.49. The van der Waals surface area contributed by atoms with Gasteiger partial charge in [-0.1, -0.05) is 90.5 Å². The topological polar surface area (TPSA) is 63.5 Å². The lowest BCUT2D eigenvalue weighted by atomic mass is 9.97. The second-order valence-electron chi connectivity index (χ2n) is 11.1. The standard InChI is InChI=1S/C39H35ClN2O3/c1-27-10-8-9-15-35(27)41-24-22-37-33(23-25-45-32-19-16-30(17-20-32)39(43)44)34-26-31(40)18-21-36(34)42(37)38(28-11-4-2-5-12-28)29-13-6-3-7-14-29/h2-21,26,38,41H,22-25H2,1H3,(H,43,44). The van der Waals surface area contributed by atoms with Crippen molar-refractivity contribution < 1.29 is 14.6 Å². The van der Waals surface area contributed by atoms with Gasteiger partial charge < -0.3 is 19.7 Å². The van der Waals surface area contributed by atoms with E-state index in [1.807, 2.05) is 6.07 Å². The normalized spacial score (nSPS) is 11.2. The molecule has 6 heteroatoms. The number of carbonyl (C=O) groups is 1. The summed E-state index contributed by atoms with van der Waals surface area (Å²) in [6.45, 7) is 3.29. The van der Waals surface area contributed by atoms with Crippen molar-refractivity contribution in [1.82, 2.24) is 4.57 Å². The molecule has 6 rings (SSSR count). The Balaban J connectivity index is 1.44. The van der Waals surface area contributed by atoms with Gasteiger partial charge in [-0.2, -0.15) is 0 Å². The molecule has 0 spiro atoms. The summed E-state index contributed by atoms with van der Waals surface area (Å²) in [4.78, 5) is 11.3. The molecule has 0 amide bonds. The molecule has 45 heavy (non-hydrogen) atoms. The first-order chi connectivity index (χ1) is 22.0. The second-order valence-corrected chi connectivity index (χ2v) is 11.5. The van der Waals surface area contributed by atoms with Crippen LogP contribution in [-0.4, -0.2) is 28.8 Å². The van der Waals surface area contributed by atoms with Gasteiger partial charge >= 0.3 is 5.97 Å². The van der Waals surface area contributed by atoms with E-state index in [4.69, 9.17) is 16.3 Å². The van der Waals surface area contributed by atoms with Gasteiger partial charge in [-0.3, -0.25) is 0 Å². The Morgan fingerprint density at radius 3 is 2.11 bits per heavy atom. The number of benzene rings is 5. The predicted octanol–water partition coefficient (Wildman–Crippen LogP) is 9.22. The zero-order valence-electron chi connectivity index (χ0n) is 25.1. The summed E-state index contributed by atoms with van der Waals surface area (Å²) in [7, 11) is 0. The number of halogens is 1. The van der Waals surface area contributed by atoms with Crippen LogP contribution >= 0.6 is 11.6 Å². The zero-order chi connectivity index (χ0) is 31.2. The highest BCUT2D eigenvalue weighted by Crippen LogP contribution is 2.38. The van der Waals surface area contributed by atoms with Gasteiger partial charge in [0.25, 0.3) is 0 Å². The van der Waals surface area contributed by atoms with Crippen molar-refractivity contribution in [3.8, 4) is 5.75 Å². The molecule has 0 aliphatic heterocycles. The van der Waals surface area contributed by atoms with Gasteiger partial charge in [-0.05, 0) is 77.7 Å². The van der Waals surface area contributed by atoms with Gasteiger partial charge in [0.1, 0.15) is 5.75 Å². The van der Waals surface area contributed by atoms with Gasteiger partial charge in [-0.15, -0.1) is 0 Å². The molecule has 0 unspecified atom stereocenters. The maximum Gasteiger partial charge on any atom is 0.335 e. The number of hydrogen-bond donors (Lipinski definition) is 2. The number of para-hydroxylation sites is 1. The van der Waals surface area contributed by atoms with E-state index in [0.717, 1.165) is 29.6 Å². The van der Waals surface area contributed by atoms with Gasteiger partial charge in [0.2, 0.25) is 0 Å². The molecule has 0 radical (unpaired) electrons. The van der Waals surface area contributed by atoms with Crippen LogP contribution in [0.3, 0.4) is 0 Å². The third-order valence-electron chi connectivity index (χ3n) is 8.22. The number of hydrogen-bond acceptors (Lipinski definition) is 3. The monoisotopic (exact) mass is 614 g/mol. The van der Waals surface area contributed by atoms with E-state index >= 15 is 0 Å². The lowest BCUT2D eigenvalue weighted by Gasteiger charge is -2.25. The first-order valence-corrected chi connectivity index (χ1v) is 15.5. The second kappa shape index (κ2) is 13.7. The summed E-state index contributed by atoms with van der Waals surface area (Å²) >= 11 is 6.64. The average molecular weight is 615 g/mol. The van der Waals surface area contributed by atoms with E-state index < -0.39 is 5.97 Å². The number of carboxylic acid groups (broad SMARTS) is 1. The molecule has 1 heterocycles. The molecule has 6 aromatic rings. The average Bonchev–Trinajstić information content (AvgIpc) is 3.35. The largest absolute Gasteiger partial charge is 0.493 e. The SMILES string of the molecule is Cc1ccccc1NCCc1c(CCOc2ccc(C(=O)O)cc2)c2cc(Cl)ccc2n1C(c1ccccc1)c1ccccc1. The van der Waals surface area contributed by atoms with E-state index in [2.05, 4.69) is 114 Å². The van der Waals surface area contributed by atoms with E-state index in [1.165, 1.54) is 27.9 Å². The van der Waals surface area contributed by atoms with Crippen molar-refractivity contribution >= 4 is 34.2 Å². The Morgan fingerprint density at radius 2 is 1.47 bits per heavy atom. The van der Waals surface area contributed by atoms with Crippen molar-refractivity contribution in [3.63, 3.8) is 0 Å². The Hall–Kier alpha value is -5.00. The third kappa shape index (κ3) is 6.74. The number of aromatic carboxylic acids is 1. The number of nitrogens with zero attached hydrogens (tertiary/aromatic N) is 1. The third-order valence-corrected chi connectivity index (χ3v) is 8.45. The number of ether oxygens (including phenoxy) is 1. The van der Waals surface area contributed by atoms with Crippen LogP contribution in [0.15, 0.2) is 127 Å². The van der Waals surface area contributed by atoms with Crippen molar-refractivity contribution in [3.05, 3.63) is 166 Å². The number of aryl methyl sites for hydroxylation is 1. The fourth-order valence-electron chi connectivity index (χ4n) is 6.06. The molecule has 2 N–H and O–H groups in total. The maximum absolute atomic E-state index is 11.3. The van der Waals surface area contributed by atoms with Gasteiger partial charge in [0.05, 0.1) is 18.2 Å². The molecule has 5 aromatic carbocycles. The van der Waals surface area contributed by atoms with E-state index in [1.54, 1.807) is 24.3 Å². The lowest BCUT2D eigenvalue weighted by Crippen LogP contribution is -2.18. The highest BCUT2D eigenvalue weighted by Gasteiger charge is 2.25. The first-order valence-electron chi connectivity index (χ1n) is 15.2. The summed E-state index contributed by atoms with van der Waals surface area (Å²) in [6.07, 6.45) is 1.43. The lowest BCUT2D eigenvalue weighted by molar-refractivity contribution is 0.0697. The van der Waals surface area contributed by atoms with Crippen LogP contribution < -0.4 is 10.1 Å². The molecule has 0 fully saturated rings. The summed E-state index contributed by atoms with van der Waals surface area (Å²) in [5.74, 6) is -0.322. The zero-order valence-corrected chi connectivity index (χ0v) is 25.9. The van der Waals surface area contributed by atoms with Crippen molar-refractivity contribution in [2.75, 3.05) is 18.5 Å². The van der Waals surface area contributed by atoms with Gasteiger partial charge in [-0.25, -0.2) is 4.79 Å². The smallest absolute Gasteiger partial charge is 0.335 e. The van der Waals surface area contributed by atoms with Gasteiger partial charge in [0, 0.05) is 46.7 Å².